The van der Waals surface area contributed by atoms with Gasteiger partial charge in [0.25, 0.3) is 0 Å². The lowest BCUT2D eigenvalue weighted by Crippen LogP contribution is -2.14. The van der Waals surface area contributed by atoms with Crippen molar-refractivity contribution in [3.63, 3.8) is 0 Å². The van der Waals surface area contributed by atoms with Gasteiger partial charge < -0.3 is 5.73 Å². The highest BCUT2D eigenvalue weighted by Gasteiger charge is 2.18. The first-order valence-electron chi connectivity index (χ1n) is 5.56. The molecule has 0 amide bonds. The fraction of sp³-hybridized carbons (Fsp3) is 0.333. The van der Waals surface area contributed by atoms with Crippen LogP contribution in [-0.2, 0) is 5.41 Å². The Morgan fingerprint density at radius 2 is 1.88 bits per heavy atom. The van der Waals surface area contributed by atoms with Gasteiger partial charge in [-0.25, -0.2) is 0 Å². The molecular formula is C15H21N. The van der Waals surface area contributed by atoms with Crippen molar-refractivity contribution >= 4 is 11.8 Å². The Bertz CT molecular complexity index is 420. The third kappa shape index (κ3) is 2.75. The second kappa shape index (κ2) is 4.56. The molecule has 1 aromatic carbocycles. The molecule has 0 unspecified atom stereocenters. The third-order valence-electron chi connectivity index (χ3n) is 2.62. The molecule has 1 heteroatoms. The first-order valence-corrected chi connectivity index (χ1v) is 5.56. The van der Waals surface area contributed by atoms with Crippen LogP contribution < -0.4 is 5.73 Å². The second-order valence-electron chi connectivity index (χ2n) is 5.14. The van der Waals surface area contributed by atoms with Crippen LogP contribution in [0, 0.1) is 6.92 Å². The van der Waals surface area contributed by atoms with Crippen molar-refractivity contribution in [3.8, 4) is 0 Å². The predicted molar refractivity (Wildman–Crippen MR) is 73.5 cm³/mol. The lowest BCUT2D eigenvalue weighted by atomic mass is 9.82. The molecule has 0 atom stereocenters. The third-order valence-corrected chi connectivity index (χ3v) is 2.62. The number of hydrogen-bond donors (Lipinski definition) is 1. The van der Waals surface area contributed by atoms with E-state index in [1.165, 1.54) is 16.7 Å². The molecule has 16 heavy (non-hydrogen) atoms. The minimum atomic E-state index is 0.0982. The van der Waals surface area contributed by atoms with Crippen LogP contribution in [0.15, 0.2) is 30.9 Å². The van der Waals surface area contributed by atoms with Gasteiger partial charge in [0, 0.05) is 5.69 Å². The molecular weight excluding hydrogens is 194 g/mol. The molecule has 0 aliphatic carbocycles. The average Bonchev–Trinajstić information content (AvgIpc) is 2.14. The van der Waals surface area contributed by atoms with Crippen molar-refractivity contribution in [2.24, 2.45) is 0 Å². The molecule has 0 aliphatic rings. The molecule has 0 bridgehead atoms. The number of nitrogens with two attached hydrogens (primary N) is 1. The van der Waals surface area contributed by atoms with Gasteiger partial charge >= 0.3 is 0 Å². The van der Waals surface area contributed by atoms with Crippen molar-refractivity contribution in [2.45, 2.75) is 33.1 Å². The molecule has 1 aromatic rings. The maximum Gasteiger partial charge on any atom is 0.0320 e. The van der Waals surface area contributed by atoms with E-state index >= 15 is 0 Å². The number of allylic oxidation sites excluding steroid dienone is 2. The highest BCUT2D eigenvalue weighted by atomic mass is 14.5. The predicted octanol–water partition coefficient (Wildman–Crippen LogP) is 4.07. The van der Waals surface area contributed by atoms with Gasteiger partial charge in [-0.3, -0.25) is 0 Å². The molecule has 86 valence electrons. The summed E-state index contributed by atoms with van der Waals surface area (Å²) in [6.45, 7) is 12.4. The summed E-state index contributed by atoms with van der Waals surface area (Å²) in [7, 11) is 0. The first kappa shape index (κ1) is 12.6. The van der Waals surface area contributed by atoms with E-state index in [1.807, 2.05) is 12.1 Å². The van der Waals surface area contributed by atoms with Crippen LogP contribution in [0.1, 0.15) is 37.5 Å². The van der Waals surface area contributed by atoms with E-state index in [0.29, 0.717) is 0 Å². The fourth-order valence-corrected chi connectivity index (χ4v) is 1.83. The Labute approximate surface area is 98.7 Å². The zero-order chi connectivity index (χ0) is 12.3. The van der Waals surface area contributed by atoms with Crippen LogP contribution in [0.3, 0.4) is 0 Å². The van der Waals surface area contributed by atoms with E-state index in [1.54, 1.807) is 6.08 Å². The van der Waals surface area contributed by atoms with Crippen LogP contribution in [0.4, 0.5) is 5.69 Å². The molecule has 0 spiro atoms. The smallest absolute Gasteiger partial charge is 0.0320 e. The van der Waals surface area contributed by atoms with E-state index in [2.05, 4.69) is 46.4 Å². The molecule has 1 nitrogen and oxygen atoms in total. The molecule has 0 heterocycles. The SMILES string of the molecule is C=C/C=C\c1c(C)cc(N)cc1C(C)(C)C. The summed E-state index contributed by atoms with van der Waals surface area (Å²) in [6, 6.07) is 4.08. The summed E-state index contributed by atoms with van der Waals surface area (Å²) in [6.07, 6.45) is 5.86. The number of rotatable bonds is 2. The van der Waals surface area contributed by atoms with Gasteiger partial charge in [-0.05, 0) is 41.2 Å². The maximum absolute atomic E-state index is 5.91. The number of anilines is 1. The highest BCUT2D eigenvalue weighted by molar-refractivity contribution is 5.64. The number of hydrogen-bond acceptors (Lipinski definition) is 1. The molecule has 0 aromatic heterocycles. The van der Waals surface area contributed by atoms with E-state index in [9.17, 15) is 0 Å². The lowest BCUT2D eigenvalue weighted by molar-refractivity contribution is 0.589. The van der Waals surface area contributed by atoms with E-state index < -0.39 is 0 Å². The Kier molecular flexibility index (Phi) is 3.58. The van der Waals surface area contributed by atoms with Gasteiger partial charge in [0.15, 0.2) is 0 Å². The van der Waals surface area contributed by atoms with Crippen molar-refractivity contribution in [2.75, 3.05) is 5.73 Å². The molecule has 1 rings (SSSR count). The second-order valence-corrected chi connectivity index (χ2v) is 5.14. The van der Waals surface area contributed by atoms with E-state index in [-0.39, 0.29) is 5.41 Å². The number of aryl methyl sites for hydroxylation is 1. The zero-order valence-electron chi connectivity index (χ0n) is 10.7. The van der Waals surface area contributed by atoms with E-state index in [4.69, 9.17) is 5.73 Å². The lowest BCUT2D eigenvalue weighted by Gasteiger charge is -2.23. The minimum Gasteiger partial charge on any atom is -0.399 e. The Morgan fingerprint density at radius 3 is 2.38 bits per heavy atom. The summed E-state index contributed by atoms with van der Waals surface area (Å²) >= 11 is 0. The van der Waals surface area contributed by atoms with Crippen molar-refractivity contribution < 1.29 is 0 Å². The molecule has 0 radical (unpaired) electrons. The standard InChI is InChI=1S/C15H21N/c1-6-7-8-13-11(2)9-12(16)10-14(13)15(3,4)5/h6-10H,1,16H2,2-5H3/b8-7-. The summed E-state index contributed by atoms with van der Waals surface area (Å²) in [4.78, 5) is 0. The van der Waals surface area contributed by atoms with Crippen molar-refractivity contribution in [1.29, 1.82) is 0 Å². The summed E-state index contributed by atoms with van der Waals surface area (Å²) in [5.41, 5.74) is 10.6. The number of benzene rings is 1. The summed E-state index contributed by atoms with van der Waals surface area (Å²) in [5.74, 6) is 0. The van der Waals surface area contributed by atoms with Crippen LogP contribution in [0.5, 0.6) is 0 Å². The van der Waals surface area contributed by atoms with Crippen LogP contribution in [0.2, 0.25) is 0 Å². The average molecular weight is 215 g/mol. The van der Waals surface area contributed by atoms with Gasteiger partial charge in [-0.1, -0.05) is 45.6 Å². The summed E-state index contributed by atoms with van der Waals surface area (Å²) < 4.78 is 0. The molecule has 0 aliphatic heterocycles. The fourth-order valence-electron chi connectivity index (χ4n) is 1.83. The normalized spacial score (nSPS) is 12.0. The molecule has 0 saturated carbocycles. The van der Waals surface area contributed by atoms with Crippen LogP contribution in [-0.4, -0.2) is 0 Å². The Morgan fingerprint density at radius 1 is 1.25 bits per heavy atom. The monoisotopic (exact) mass is 215 g/mol. The highest BCUT2D eigenvalue weighted by Crippen LogP contribution is 2.31. The number of nitrogen functional groups attached to an aromatic ring is 1. The molecule has 0 fully saturated rings. The molecule has 0 saturated heterocycles. The van der Waals surface area contributed by atoms with Gasteiger partial charge in [-0.2, -0.15) is 0 Å². The van der Waals surface area contributed by atoms with Crippen molar-refractivity contribution in [1.82, 2.24) is 0 Å². The van der Waals surface area contributed by atoms with Gasteiger partial charge in [-0.15, -0.1) is 0 Å². The maximum atomic E-state index is 5.91. The van der Waals surface area contributed by atoms with Gasteiger partial charge in [0.1, 0.15) is 0 Å². The summed E-state index contributed by atoms with van der Waals surface area (Å²) in [5, 5.41) is 0. The quantitative estimate of drug-likeness (QED) is 0.584. The van der Waals surface area contributed by atoms with Crippen LogP contribution >= 0.6 is 0 Å². The van der Waals surface area contributed by atoms with E-state index in [0.717, 1.165) is 5.69 Å². The van der Waals surface area contributed by atoms with Gasteiger partial charge in [0.2, 0.25) is 0 Å². The van der Waals surface area contributed by atoms with Crippen LogP contribution in [0.25, 0.3) is 6.08 Å². The minimum absolute atomic E-state index is 0.0982. The zero-order valence-corrected chi connectivity index (χ0v) is 10.7. The topological polar surface area (TPSA) is 26.0 Å². The molecule has 2 N–H and O–H groups in total. The van der Waals surface area contributed by atoms with Gasteiger partial charge in [0.05, 0.1) is 0 Å². The van der Waals surface area contributed by atoms with Crippen molar-refractivity contribution in [3.05, 3.63) is 47.6 Å². The first-order chi connectivity index (χ1) is 7.36. The Balaban J connectivity index is 3.44. The Hall–Kier alpha value is -1.50. The largest absolute Gasteiger partial charge is 0.399 e.